The van der Waals surface area contributed by atoms with Gasteiger partial charge in [-0.05, 0) is 15.9 Å². The van der Waals surface area contributed by atoms with Gasteiger partial charge in [0, 0.05) is 12.3 Å². The van der Waals surface area contributed by atoms with Crippen molar-refractivity contribution in [1.29, 1.82) is 0 Å². The van der Waals surface area contributed by atoms with Gasteiger partial charge in [0.1, 0.15) is 12.7 Å². The standard InChI is InChI=1S/C6H4BrN5/c7-6-9-2-1-5(11-6)12-4-8-3-10-12/h1-4H. The zero-order valence-corrected chi connectivity index (χ0v) is 7.51. The third-order valence-electron chi connectivity index (χ3n) is 1.26. The highest BCUT2D eigenvalue weighted by molar-refractivity contribution is 9.10. The van der Waals surface area contributed by atoms with Gasteiger partial charge in [-0.3, -0.25) is 0 Å². The average molecular weight is 226 g/mol. The van der Waals surface area contributed by atoms with Gasteiger partial charge in [-0.1, -0.05) is 0 Å². The van der Waals surface area contributed by atoms with E-state index in [9.17, 15) is 0 Å². The van der Waals surface area contributed by atoms with E-state index >= 15 is 0 Å². The summed E-state index contributed by atoms with van der Waals surface area (Å²) in [5.41, 5.74) is 0. The summed E-state index contributed by atoms with van der Waals surface area (Å²) in [4.78, 5) is 11.8. The lowest BCUT2D eigenvalue weighted by atomic mass is 10.6. The minimum absolute atomic E-state index is 0.538. The Morgan fingerprint density at radius 2 is 2.33 bits per heavy atom. The lowest BCUT2D eigenvalue weighted by Gasteiger charge is -1.97. The van der Waals surface area contributed by atoms with Gasteiger partial charge in [-0.2, -0.15) is 5.10 Å². The highest BCUT2D eigenvalue weighted by Gasteiger charge is 1.97. The molecule has 0 saturated carbocycles. The van der Waals surface area contributed by atoms with Crippen LogP contribution in [-0.2, 0) is 0 Å². The molecule has 0 N–H and O–H groups in total. The largest absolute Gasteiger partial charge is 0.231 e. The Labute approximate surface area is 76.6 Å². The summed E-state index contributed by atoms with van der Waals surface area (Å²) in [5, 5.41) is 3.92. The van der Waals surface area contributed by atoms with Crippen LogP contribution in [0.1, 0.15) is 0 Å². The van der Waals surface area contributed by atoms with E-state index in [-0.39, 0.29) is 0 Å². The van der Waals surface area contributed by atoms with E-state index in [1.165, 1.54) is 6.33 Å². The summed E-state index contributed by atoms with van der Waals surface area (Å²) in [5.74, 6) is 0.689. The monoisotopic (exact) mass is 225 g/mol. The molecule has 2 aromatic rings. The van der Waals surface area contributed by atoms with Crippen LogP contribution in [0.2, 0.25) is 0 Å². The van der Waals surface area contributed by atoms with Crippen LogP contribution in [0.5, 0.6) is 0 Å². The number of rotatable bonds is 1. The van der Waals surface area contributed by atoms with E-state index < -0.39 is 0 Å². The molecule has 0 unspecified atom stereocenters. The summed E-state index contributed by atoms with van der Waals surface area (Å²) in [6.45, 7) is 0. The van der Waals surface area contributed by atoms with Gasteiger partial charge < -0.3 is 0 Å². The third-order valence-corrected chi connectivity index (χ3v) is 1.65. The molecule has 2 aromatic heterocycles. The predicted octanol–water partition coefficient (Wildman–Crippen LogP) is 0.820. The Bertz CT molecular complexity index is 371. The van der Waals surface area contributed by atoms with Gasteiger partial charge in [0.25, 0.3) is 0 Å². The van der Waals surface area contributed by atoms with Crippen molar-refractivity contribution < 1.29 is 0 Å². The molecular formula is C6H4BrN5. The first-order valence-electron chi connectivity index (χ1n) is 3.20. The topological polar surface area (TPSA) is 56.5 Å². The van der Waals surface area contributed by atoms with Gasteiger partial charge in [-0.15, -0.1) is 0 Å². The fourth-order valence-electron chi connectivity index (χ4n) is 0.780. The lowest BCUT2D eigenvalue weighted by Crippen LogP contribution is -1.98. The van der Waals surface area contributed by atoms with E-state index in [0.29, 0.717) is 10.6 Å². The number of aromatic nitrogens is 5. The van der Waals surface area contributed by atoms with Crippen LogP contribution in [-0.4, -0.2) is 24.7 Å². The molecule has 2 heterocycles. The average Bonchev–Trinajstić information content (AvgIpc) is 2.56. The van der Waals surface area contributed by atoms with Crippen molar-refractivity contribution in [1.82, 2.24) is 24.7 Å². The fourth-order valence-corrected chi connectivity index (χ4v) is 1.08. The first-order chi connectivity index (χ1) is 5.86. The minimum atomic E-state index is 0.538. The van der Waals surface area contributed by atoms with Crippen molar-refractivity contribution in [2.75, 3.05) is 0 Å². The molecule has 0 aliphatic carbocycles. The molecular weight excluding hydrogens is 222 g/mol. The van der Waals surface area contributed by atoms with Crippen LogP contribution in [0.3, 0.4) is 0 Å². The maximum Gasteiger partial charge on any atom is 0.198 e. The van der Waals surface area contributed by atoms with Gasteiger partial charge in [-0.25, -0.2) is 19.6 Å². The van der Waals surface area contributed by atoms with E-state index in [4.69, 9.17) is 0 Å². The molecule has 0 fully saturated rings. The molecule has 6 heteroatoms. The molecule has 0 aliphatic rings. The number of hydrogen-bond acceptors (Lipinski definition) is 4. The second-order valence-corrected chi connectivity index (χ2v) is 2.73. The molecule has 0 bridgehead atoms. The normalized spacial score (nSPS) is 10.1. The van der Waals surface area contributed by atoms with Gasteiger partial charge in [0.15, 0.2) is 10.6 Å². The zero-order chi connectivity index (χ0) is 8.39. The SMILES string of the molecule is Brc1nccc(-n2cncn2)n1. The van der Waals surface area contributed by atoms with Crippen LogP contribution in [0.15, 0.2) is 29.7 Å². The van der Waals surface area contributed by atoms with Crippen LogP contribution >= 0.6 is 15.9 Å². The molecule has 0 amide bonds. The van der Waals surface area contributed by atoms with Crippen molar-refractivity contribution in [3.8, 4) is 5.82 Å². The van der Waals surface area contributed by atoms with Crippen molar-refractivity contribution >= 4 is 15.9 Å². The summed E-state index contributed by atoms with van der Waals surface area (Å²) in [7, 11) is 0. The number of halogens is 1. The van der Waals surface area contributed by atoms with Gasteiger partial charge in [0.2, 0.25) is 0 Å². The van der Waals surface area contributed by atoms with Crippen molar-refractivity contribution in [2.24, 2.45) is 0 Å². The summed E-state index contributed by atoms with van der Waals surface area (Å²) in [6.07, 6.45) is 4.68. The van der Waals surface area contributed by atoms with Crippen LogP contribution < -0.4 is 0 Å². The van der Waals surface area contributed by atoms with Crippen molar-refractivity contribution in [2.45, 2.75) is 0 Å². The Morgan fingerprint density at radius 3 is 3.00 bits per heavy atom. The molecule has 0 spiro atoms. The molecule has 5 nitrogen and oxygen atoms in total. The molecule has 0 aliphatic heterocycles. The molecule has 60 valence electrons. The fraction of sp³-hybridized carbons (Fsp3) is 0. The van der Waals surface area contributed by atoms with Crippen LogP contribution in [0.25, 0.3) is 5.82 Å². The van der Waals surface area contributed by atoms with Gasteiger partial charge >= 0.3 is 0 Å². The number of nitrogens with zero attached hydrogens (tertiary/aromatic N) is 5. The molecule has 12 heavy (non-hydrogen) atoms. The minimum Gasteiger partial charge on any atom is -0.231 e. The molecule has 0 saturated heterocycles. The molecule has 0 atom stereocenters. The Morgan fingerprint density at radius 1 is 1.42 bits per heavy atom. The Hall–Kier alpha value is -1.30. The highest BCUT2D eigenvalue weighted by Crippen LogP contribution is 2.04. The van der Waals surface area contributed by atoms with Crippen molar-refractivity contribution in [3.05, 3.63) is 29.7 Å². The second-order valence-electron chi connectivity index (χ2n) is 2.02. The third kappa shape index (κ3) is 1.33. The maximum absolute atomic E-state index is 4.08. The Kier molecular flexibility index (Phi) is 1.83. The summed E-state index contributed by atoms with van der Waals surface area (Å²) in [6, 6.07) is 1.75. The predicted molar refractivity (Wildman–Crippen MR) is 44.6 cm³/mol. The van der Waals surface area contributed by atoms with Crippen LogP contribution in [0, 0.1) is 0 Å². The highest BCUT2D eigenvalue weighted by atomic mass is 79.9. The van der Waals surface area contributed by atoms with E-state index in [1.54, 1.807) is 23.3 Å². The van der Waals surface area contributed by atoms with Gasteiger partial charge in [0.05, 0.1) is 0 Å². The first kappa shape index (κ1) is 7.35. The van der Waals surface area contributed by atoms with Crippen molar-refractivity contribution in [3.63, 3.8) is 0 Å². The zero-order valence-electron chi connectivity index (χ0n) is 5.92. The molecule has 2 rings (SSSR count). The smallest absolute Gasteiger partial charge is 0.198 e. The lowest BCUT2D eigenvalue weighted by molar-refractivity contribution is 0.831. The Balaban J connectivity index is 2.48. The number of hydrogen-bond donors (Lipinski definition) is 0. The van der Waals surface area contributed by atoms with E-state index in [2.05, 4.69) is 36.0 Å². The summed E-state index contributed by atoms with van der Waals surface area (Å²) < 4.78 is 2.10. The quantitative estimate of drug-likeness (QED) is 0.675. The molecule has 0 aromatic carbocycles. The van der Waals surface area contributed by atoms with Crippen LogP contribution in [0.4, 0.5) is 0 Å². The summed E-state index contributed by atoms with van der Waals surface area (Å²) >= 11 is 3.16. The van der Waals surface area contributed by atoms with E-state index in [1.807, 2.05) is 0 Å². The first-order valence-corrected chi connectivity index (χ1v) is 3.99. The second kappa shape index (κ2) is 2.98. The molecule has 0 radical (unpaired) electrons. The van der Waals surface area contributed by atoms with E-state index in [0.717, 1.165) is 0 Å². The maximum atomic E-state index is 4.08.